The van der Waals surface area contributed by atoms with Gasteiger partial charge in [0.05, 0.1) is 7.11 Å². The summed E-state index contributed by atoms with van der Waals surface area (Å²) in [4.78, 5) is 6.44. The Morgan fingerprint density at radius 1 is 1.04 bits per heavy atom. The first-order chi connectivity index (χ1) is 12.1. The van der Waals surface area contributed by atoms with Crippen LogP contribution < -0.4 is 9.47 Å². The molecule has 0 amide bonds. The molecule has 0 heterocycles. The molecule has 2 aromatic rings. The SMILES string of the molecule is COc1cccc(CCc2ccccc2OCC(CN(C)C)OO)c1. The number of rotatable bonds is 10. The minimum Gasteiger partial charge on any atom is -0.497 e. The Morgan fingerprint density at radius 2 is 1.84 bits per heavy atom. The molecule has 0 aliphatic carbocycles. The van der Waals surface area contributed by atoms with Gasteiger partial charge in [0.2, 0.25) is 0 Å². The summed E-state index contributed by atoms with van der Waals surface area (Å²) >= 11 is 0. The first-order valence-electron chi connectivity index (χ1n) is 8.41. The van der Waals surface area contributed by atoms with Gasteiger partial charge in [0, 0.05) is 6.54 Å². The highest BCUT2D eigenvalue weighted by Crippen LogP contribution is 2.21. The van der Waals surface area contributed by atoms with Crippen molar-refractivity contribution in [2.75, 3.05) is 34.4 Å². The molecule has 136 valence electrons. The van der Waals surface area contributed by atoms with E-state index in [1.165, 1.54) is 5.56 Å². The smallest absolute Gasteiger partial charge is 0.139 e. The summed E-state index contributed by atoms with van der Waals surface area (Å²) in [5, 5.41) is 9.01. The van der Waals surface area contributed by atoms with Crippen LogP contribution in [-0.4, -0.2) is 50.6 Å². The second kappa shape index (κ2) is 10.0. The molecule has 0 spiro atoms. The fraction of sp³-hybridized carbons (Fsp3) is 0.400. The van der Waals surface area contributed by atoms with E-state index >= 15 is 0 Å². The molecule has 5 nitrogen and oxygen atoms in total. The Bertz CT molecular complexity index is 645. The summed E-state index contributed by atoms with van der Waals surface area (Å²) in [5.41, 5.74) is 2.35. The Kier molecular flexibility index (Phi) is 7.73. The standard InChI is InChI=1S/C20H27NO4/c1-21(2)14-19(25-22)15-24-20-10-5-4-8-17(20)12-11-16-7-6-9-18(13-16)23-3/h4-10,13,19,22H,11-12,14-15H2,1-3H3. The number of methoxy groups -OCH3 is 1. The van der Waals surface area contributed by atoms with Crippen LogP contribution in [0.15, 0.2) is 48.5 Å². The van der Waals surface area contributed by atoms with E-state index in [1.54, 1.807) is 7.11 Å². The van der Waals surface area contributed by atoms with E-state index in [0.29, 0.717) is 13.2 Å². The van der Waals surface area contributed by atoms with Crippen molar-refractivity contribution in [2.24, 2.45) is 0 Å². The van der Waals surface area contributed by atoms with Crippen molar-refractivity contribution in [3.8, 4) is 11.5 Å². The molecule has 1 N–H and O–H groups in total. The van der Waals surface area contributed by atoms with Crippen molar-refractivity contribution in [3.63, 3.8) is 0 Å². The van der Waals surface area contributed by atoms with Crippen molar-refractivity contribution in [1.29, 1.82) is 0 Å². The van der Waals surface area contributed by atoms with Crippen LogP contribution >= 0.6 is 0 Å². The fourth-order valence-electron chi connectivity index (χ4n) is 2.66. The Labute approximate surface area is 149 Å². The van der Waals surface area contributed by atoms with E-state index in [2.05, 4.69) is 23.1 Å². The lowest BCUT2D eigenvalue weighted by molar-refractivity contribution is -0.284. The number of ether oxygens (including phenoxy) is 2. The topological polar surface area (TPSA) is 51.2 Å². The maximum Gasteiger partial charge on any atom is 0.139 e. The zero-order chi connectivity index (χ0) is 18.1. The molecule has 2 rings (SSSR count). The highest BCUT2D eigenvalue weighted by molar-refractivity contribution is 5.35. The largest absolute Gasteiger partial charge is 0.497 e. The van der Waals surface area contributed by atoms with Gasteiger partial charge in [0.25, 0.3) is 0 Å². The van der Waals surface area contributed by atoms with Crippen LogP contribution in [0, 0.1) is 0 Å². The molecule has 1 atom stereocenters. The van der Waals surface area contributed by atoms with Crippen LogP contribution in [0.2, 0.25) is 0 Å². The average Bonchev–Trinajstić information content (AvgIpc) is 2.64. The number of para-hydroxylation sites is 1. The predicted molar refractivity (Wildman–Crippen MR) is 98.4 cm³/mol. The van der Waals surface area contributed by atoms with Crippen LogP contribution in [0.1, 0.15) is 11.1 Å². The zero-order valence-electron chi connectivity index (χ0n) is 15.1. The van der Waals surface area contributed by atoms with Crippen molar-refractivity contribution in [2.45, 2.75) is 18.9 Å². The lowest BCUT2D eigenvalue weighted by atomic mass is 10.0. The number of aryl methyl sites for hydroxylation is 2. The summed E-state index contributed by atoms with van der Waals surface area (Å²) in [6.45, 7) is 0.882. The van der Waals surface area contributed by atoms with E-state index in [0.717, 1.165) is 29.9 Å². The molecule has 5 heteroatoms. The van der Waals surface area contributed by atoms with Gasteiger partial charge in [0.1, 0.15) is 24.2 Å². The van der Waals surface area contributed by atoms with Crippen LogP contribution in [0.4, 0.5) is 0 Å². The average molecular weight is 345 g/mol. The summed E-state index contributed by atoms with van der Waals surface area (Å²) in [6, 6.07) is 16.1. The third-order valence-electron chi connectivity index (χ3n) is 3.93. The lowest BCUT2D eigenvalue weighted by Crippen LogP contribution is -2.32. The second-order valence-electron chi connectivity index (χ2n) is 6.26. The highest BCUT2D eigenvalue weighted by Gasteiger charge is 2.13. The van der Waals surface area contributed by atoms with Gasteiger partial charge in [-0.25, -0.2) is 4.89 Å². The molecule has 0 aliphatic rings. The Morgan fingerprint density at radius 3 is 2.56 bits per heavy atom. The minimum absolute atomic E-state index is 0.296. The molecule has 25 heavy (non-hydrogen) atoms. The van der Waals surface area contributed by atoms with E-state index in [-0.39, 0.29) is 6.10 Å². The lowest BCUT2D eigenvalue weighted by Gasteiger charge is -2.19. The maximum absolute atomic E-state index is 9.01. The van der Waals surface area contributed by atoms with Gasteiger partial charge < -0.3 is 14.4 Å². The molecule has 2 aromatic carbocycles. The van der Waals surface area contributed by atoms with Gasteiger partial charge in [-0.3, -0.25) is 5.26 Å². The maximum atomic E-state index is 9.01. The van der Waals surface area contributed by atoms with E-state index in [4.69, 9.17) is 14.7 Å². The van der Waals surface area contributed by atoms with Gasteiger partial charge in [-0.1, -0.05) is 30.3 Å². The quantitative estimate of drug-likeness (QED) is 0.529. The molecular weight excluding hydrogens is 318 g/mol. The van der Waals surface area contributed by atoms with Gasteiger partial charge >= 0.3 is 0 Å². The molecule has 0 radical (unpaired) electrons. The van der Waals surface area contributed by atoms with E-state index in [9.17, 15) is 0 Å². The normalized spacial score (nSPS) is 12.2. The number of hydrogen-bond acceptors (Lipinski definition) is 5. The molecule has 0 saturated carbocycles. The van der Waals surface area contributed by atoms with Crippen LogP contribution in [0.25, 0.3) is 0 Å². The molecule has 0 aliphatic heterocycles. The summed E-state index contributed by atoms with van der Waals surface area (Å²) in [5.74, 6) is 1.69. The first kappa shape index (κ1) is 19.2. The van der Waals surface area contributed by atoms with Crippen LogP contribution in [0.3, 0.4) is 0 Å². The van der Waals surface area contributed by atoms with Gasteiger partial charge in [-0.15, -0.1) is 0 Å². The highest BCUT2D eigenvalue weighted by atomic mass is 17.1. The monoisotopic (exact) mass is 345 g/mol. The number of benzene rings is 2. The Hall–Kier alpha value is -2.08. The molecule has 1 unspecified atom stereocenters. The first-order valence-corrected chi connectivity index (χ1v) is 8.41. The molecule has 0 fully saturated rings. The fourth-order valence-corrected chi connectivity index (χ4v) is 2.66. The third-order valence-corrected chi connectivity index (χ3v) is 3.93. The number of nitrogens with zero attached hydrogens (tertiary/aromatic N) is 1. The second-order valence-corrected chi connectivity index (χ2v) is 6.26. The van der Waals surface area contributed by atoms with Gasteiger partial charge in [-0.05, 0) is 56.3 Å². The van der Waals surface area contributed by atoms with Gasteiger partial charge in [0.15, 0.2) is 0 Å². The predicted octanol–water partition coefficient (Wildman–Crippen LogP) is 3.28. The van der Waals surface area contributed by atoms with Gasteiger partial charge in [-0.2, -0.15) is 0 Å². The summed E-state index contributed by atoms with van der Waals surface area (Å²) in [6.07, 6.45) is 1.37. The summed E-state index contributed by atoms with van der Waals surface area (Å²) in [7, 11) is 5.53. The summed E-state index contributed by atoms with van der Waals surface area (Å²) < 4.78 is 11.2. The Balaban J connectivity index is 1.97. The van der Waals surface area contributed by atoms with Crippen molar-refractivity contribution in [1.82, 2.24) is 4.90 Å². The van der Waals surface area contributed by atoms with E-state index in [1.807, 2.05) is 49.3 Å². The van der Waals surface area contributed by atoms with Crippen molar-refractivity contribution >= 4 is 0 Å². The number of likely N-dealkylation sites (N-methyl/N-ethyl adjacent to an activating group) is 1. The van der Waals surface area contributed by atoms with Crippen molar-refractivity contribution in [3.05, 3.63) is 59.7 Å². The van der Waals surface area contributed by atoms with E-state index < -0.39 is 0 Å². The number of hydrogen-bond donors (Lipinski definition) is 1. The molecular formula is C20H27NO4. The molecule has 0 aromatic heterocycles. The van der Waals surface area contributed by atoms with Crippen molar-refractivity contribution < 1.29 is 19.6 Å². The molecule has 0 bridgehead atoms. The zero-order valence-corrected chi connectivity index (χ0v) is 15.1. The third kappa shape index (κ3) is 6.38. The van der Waals surface area contributed by atoms with Crippen LogP contribution in [0.5, 0.6) is 11.5 Å². The molecule has 0 saturated heterocycles. The van der Waals surface area contributed by atoms with Crippen LogP contribution in [-0.2, 0) is 17.7 Å². The minimum atomic E-state index is -0.388.